The second-order valence-electron chi connectivity index (χ2n) is 10.6. The van der Waals surface area contributed by atoms with Gasteiger partial charge in [-0.25, -0.2) is 0 Å². The minimum absolute atomic E-state index is 0.0744. The molecule has 8 rings (SSSR count). The van der Waals surface area contributed by atoms with E-state index in [9.17, 15) is 14.4 Å². The lowest BCUT2D eigenvalue weighted by Crippen LogP contribution is -2.49. The van der Waals surface area contributed by atoms with E-state index in [4.69, 9.17) is 9.47 Å². The van der Waals surface area contributed by atoms with Crippen LogP contribution in [0.15, 0.2) is 97.3 Å². The monoisotopic (exact) mass is 541 g/mol. The summed E-state index contributed by atoms with van der Waals surface area (Å²) in [6.45, 7) is 0.0744. The number of fused-ring (bicyclic) bond motifs is 7. The van der Waals surface area contributed by atoms with Crippen LogP contribution < -0.4 is 14.8 Å². The summed E-state index contributed by atoms with van der Waals surface area (Å²) in [5.74, 6) is -1.03. The molecule has 1 fully saturated rings. The Morgan fingerprint density at radius 3 is 2.59 bits per heavy atom. The molecular weight excluding hydrogens is 518 g/mol. The number of nitrogens with one attached hydrogen (secondary N) is 1. The minimum atomic E-state index is -1.40. The second-order valence-corrected chi connectivity index (χ2v) is 10.6. The van der Waals surface area contributed by atoms with Crippen molar-refractivity contribution < 1.29 is 23.9 Å². The quantitative estimate of drug-likeness (QED) is 0.371. The first kappa shape index (κ1) is 23.6. The number of ether oxygens (including phenoxy) is 2. The molecule has 200 valence electrons. The summed E-state index contributed by atoms with van der Waals surface area (Å²) in [7, 11) is 0. The van der Waals surface area contributed by atoms with E-state index in [1.807, 2.05) is 65.7 Å². The molecule has 4 aliphatic heterocycles. The van der Waals surface area contributed by atoms with Crippen molar-refractivity contribution in [3.63, 3.8) is 0 Å². The summed E-state index contributed by atoms with van der Waals surface area (Å²) < 4.78 is 11.0. The molecule has 1 spiro atoms. The fraction of sp³-hybridized carbons (Fsp3) is 0.152. The van der Waals surface area contributed by atoms with Crippen LogP contribution in [-0.2, 0) is 10.2 Å². The lowest BCUT2D eigenvalue weighted by atomic mass is 9.63. The normalized spacial score (nSPS) is 24.5. The predicted molar refractivity (Wildman–Crippen MR) is 150 cm³/mol. The van der Waals surface area contributed by atoms with Gasteiger partial charge in [-0.1, -0.05) is 48.5 Å². The van der Waals surface area contributed by atoms with Gasteiger partial charge in [0.05, 0.1) is 12.0 Å². The molecule has 3 aromatic carbocycles. The zero-order valence-electron chi connectivity index (χ0n) is 21.7. The molecule has 1 N–H and O–H groups in total. The molecule has 0 radical (unpaired) electrons. The van der Waals surface area contributed by atoms with E-state index >= 15 is 0 Å². The van der Waals surface area contributed by atoms with Crippen LogP contribution in [-0.4, -0.2) is 40.2 Å². The molecule has 0 saturated carbocycles. The van der Waals surface area contributed by atoms with Gasteiger partial charge in [-0.15, -0.1) is 0 Å². The molecule has 4 atom stereocenters. The Balaban J connectivity index is 1.41. The molecule has 8 nitrogen and oxygen atoms in total. The van der Waals surface area contributed by atoms with Crippen LogP contribution in [0.25, 0.3) is 6.08 Å². The van der Waals surface area contributed by atoms with Crippen molar-refractivity contribution in [2.45, 2.75) is 17.5 Å². The SMILES string of the molecule is O=C(c1ccc2c(c1)OCO2)C1C(C(=O)c2ccccn2)C2(C(=O)Nc3ccccc32)C2c3ccccc3C=CN12. The second kappa shape index (κ2) is 8.63. The molecule has 1 aromatic heterocycles. The average Bonchev–Trinajstić information content (AvgIpc) is 3.70. The van der Waals surface area contributed by atoms with Crippen molar-refractivity contribution in [2.75, 3.05) is 12.1 Å². The largest absolute Gasteiger partial charge is 0.454 e. The molecular formula is C33H23N3O5. The van der Waals surface area contributed by atoms with E-state index in [1.165, 1.54) is 0 Å². The van der Waals surface area contributed by atoms with E-state index in [2.05, 4.69) is 10.3 Å². The first-order valence-corrected chi connectivity index (χ1v) is 13.4. The maximum absolute atomic E-state index is 14.7. The summed E-state index contributed by atoms with van der Waals surface area (Å²) in [6, 6.07) is 23.8. The van der Waals surface area contributed by atoms with E-state index in [1.54, 1.807) is 42.6 Å². The predicted octanol–water partition coefficient (Wildman–Crippen LogP) is 4.79. The number of Topliss-reactive ketones (excluding diaryl/α,β-unsaturated/α-hetero) is 2. The number of ketones is 2. The maximum Gasteiger partial charge on any atom is 0.238 e. The van der Waals surface area contributed by atoms with Gasteiger partial charge in [0.25, 0.3) is 0 Å². The van der Waals surface area contributed by atoms with Crippen molar-refractivity contribution >= 4 is 29.2 Å². The summed E-state index contributed by atoms with van der Waals surface area (Å²) >= 11 is 0. The highest BCUT2D eigenvalue weighted by Crippen LogP contribution is 2.62. The van der Waals surface area contributed by atoms with Crippen LogP contribution in [0.1, 0.15) is 43.6 Å². The van der Waals surface area contributed by atoms with Crippen molar-refractivity contribution in [3.05, 3.63) is 125 Å². The lowest BCUT2D eigenvalue weighted by molar-refractivity contribution is -0.122. The average molecular weight is 542 g/mol. The zero-order chi connectivity index (χ0) is 27.7. The third kappa shape index (κ3) is 3.15. The standard InChI is InChI=1S/C33H23N3O5/c37-29(20-12-13-25-26(17-20)41-18-40-25)28-27(30(38)24-11-5-6-15-34-24)33(22-9-3-4-10-23(22)35-32(33)39)31-21-8-2-1-7-19(21)14-16-36(28)31/h1-17,27-28,31H,18H2,(H,35,39). The molecule has 41 heavy (non-hydrogen) atoms. The van der Waals surface area contributed by atoms with Crippen molar-refractivity contribution in [3.8, 4) is 11.5 Å². The minimum Gasteiger partial charge on any atom is -0.454 e. The topological polar surface area (TPSA) is 97.8 Å². The van der Waals surface area contributed by atoms with Gasteiger partial charge in [0.15, 0.2) is 23.1 Å². The Hall–Kier alpha value is -5.24. The van der Waals surface area contributed by atoms with Gasteiger partial charge in [0.2, 0.25) is 12.7 Å². The Morgan fingerprint density at radius 2 is 1.71 bits per heavy atom. The van der Waals surface area contributed by atoms with Crippen LogP contribution in [0.5, 0.6) is 11.5 Å². The van der Waals surface area contributed by atoms with Gasteiger partial charge in [-0.3, -0.25) is 19.4 Å². The number of para-hydroxylation sites is 1. The van der Waals surface area contributed by atoms with E-state index in [0.717, 1.165) is 11.1 Å². The van der Waals surface area contributed by atoms with Crippen molar-refractivity contribution in [2.24, 2.45) is 5.92 Å². The van der Waals surface area contributed by atoms with E-state index < -0.39 is 23.4 Å². The first-order chi connectivity index (χ1) is 20.1. The highest BCUT2D eigenvalue weighted by molar-refractivity contribution is 6.16. The Bertz CT molecular complexity index is 1800. The summed E-state index contributed by atoms with van der Waals surface area (Å²) in [4.78, 5) is 50.0. The van der Waals surface area contributed by atoms with E-state index in [-0.39, 0.29) is 30.0 Å². The number of carbonyl (C=O) groups excluding carboxylic acids is 3. The van der Waals surface area contributed by atoms with Crippen LogP contribution in [0.2, 0.25) is 0 Å². The molecule has 1 saturated heterocycles. The number of aromatic nitrogens is 1. The van der Waals surface area contributed by atoms with E-state index in [0.29, 0.717) is 28.3 Å². The van der Waals surface area contributed by atoms with Gasteiger partial charge in [-0.05, 0) is 59.2 Å². The number of amides is 1. The molecule has 5 heterocycles. The smallest absolute Gasteiger partial charge is 0.238 e. The highest BCUT2D eigenvalue weighted by Gasteiger charge is 2.70. The Kier molecular flexibility index (Phi) is 4.97. The maximum atomic E-state index is 14.7. The highest BCUT2D eigenvalue weighted by atomic mass is 16.7. The van der Waals surface area contributed by atoms with Crippen LogP contribution in [0.4, 0.5) is 5.69 Å². The van der Waals surface area contributed by atoms with Crippen LogP contribution in [0.3, 0.4) is 0 Å². The molecule has 4 aliphatic rings. The molecule has 1 amide bonds. The molecule has 0 bridgehead atoms. The van der Waals surface area contributed by atoms with Crippen LogP contribution >= 0.6 is 0 Å². The number of hydrogen-bond acceptors (Lipinski definition) is 7. The summed E-state index contributed by atoms with van der Waals surface area (Å²) in [5.41, 5.74) is 2.32. The molecule has 4 aromatic rings. The summed E-state index contributed by atoms with van der Waals surface area (Å²) in [5, 5.41) is 3.05. The van der Waals surface area contributed by atoms with Crippen molar-refractivity contribution in [1.82, 2.24) is 9.88 Å². The number of nitrogens with zero attached hydrogens (tertiary/aromatic N) is 2. The van der Waals surface area contributed by atoms with Crippen molar-refractivity contribution in [1.29, 1.82) is 0 Å². The van der Waals surface area contributed by atoms with Gasteiger partial charge in [0, 0.05) is 23.6 Å². The number of carbonyl (C=O) groups is 3. The summed E-state index contributed by atoms with van der Waals surface area (Å²) in [6.07, 6.45) is 5.34. The molecule has 8 heteroatoms. The molecule has 0 aliphatic carbocycles. The number of hydrogen-bond donors (Lipinski definition) is 1. The Morgan fingerprint density at radius 1 is 0.902 bits per heavy atom. The van der Waals surface area contributed by atoms with Gasteiger partial charge in [-0.2, -0.15) is 0 Å². The fourth-order valence-corrected chi connectivity index (χ4v) is 7.06. The lowest BCUT2D eigenvalue weighted by Gasteiger charge is -2.38. The molecule has 4 unspecified atom stereocenters. The zero-order valence-corrected chi connectivity index (χ0v) is 21.7. The third-order valence-electron chi connectivity index (χ3n) is 8.70. The van der Waals surface area contributed by atoms with Gasteiger partial charge in [0.1, 0.15) is 17.2 Å². The number of anilines is 1. The number of pyridine rings is 1. The fourth-order valence-electron chi connectivity index (χ4n) is 7.06. The number of rotatable bonds is 4. The number of benzene rings is 3. The van der Waals surface area contributed by atoms with Crippen LogP contribution in [0, 0.1) is 5.92 Å². The third-order valence-corrected chi connectivity index (χ3v) is 8.70. The Labute approximate surface area is 235 Å². The van der Waals surface area contributed by atoms with Gasteiger partial charge < -0.3 is 19.7 Å². The van der Waals surface area contributed by atoms with Gasteiger partial charge >= 0.3 is 0 Å². The first-order valence-electron chi connectivity index (χ1n) is 13.4.